The molecule has 1 aliphatic carbocycles. The summed E-state index contributed by atoms with van der Waals surface area (Å²) in [5, 5.41) is 14.6. The lowest BCUT2D eigenvalue weighted by atomic mass is 9.82. The summed E-state index contributed by atoms with van der Waals surface area (Å²) < 4.78 is 6.54. The van der Waals surface area contributed by atoms with E-state index in [1.54, 1.807) is 11.3 Å². The molecule has 158 valence electrons. The minimum Gasteiger partial charge on any atom is -0.396 e. The fourth-order valence-corrected chi connectivity index (χ4v) is 6.87. The van der Waals surface area contributed by atoms with Crippen LogP contribution in [-0.4, -0.2) is 52.8 Å². The number of nitrogens with zero attached hydrogens (tertiary/aromatic N) is 3. The van der Waals surface area contributed by atoms with Gasteiger partial charge in [0.2, 0.25) is 0 Å². The predicted octanol–water partition coefficient (Wildman–Crippen LogP) is 4.36. The molecule has 3 aliphatic rings. The fourth-order valence-electron chi connectivity index (χ4n) is 5.74. The summed E-state index contributed by atoms with van der Waals surface area (Å²) in [6, 6.07) is 6.27. The quantitative estimate of drug-likeness (QED) is 0.730. The van der Waals surface area contributed by atoms with Gasteiger partial charge in [-0.25, -0.2) is 0 Å². The summed E-state index contributed by atoms with van der Waals surface area (Å²) >= 11 is 7.74. The van der Waals surface area contributed by atoms with Gasteiger partial charge in [0.15, 0.2) is 5.76 Å². The third-order valence-corrected chi connectivity index (χ3v) is 8.42. The highest BCUT2D eigenvalue weighted by Crippen LogP contribution is 2.43. The first-order valence-corrected chi connectivity index (χ1v) is 12.1. The lowest BCUT2D eigenvalue weighted by molar-refractivity contribution is 0.109. The van der Waals surface area contributed by atoms with Gasteiger partial charge in [0.1, 0.15) is 0 Å². The molecule has 5 nitrogen and oxygen atoms in total. The van der Waals surface area contributed by atoms with Gasteiger partial charge < -0.3 is 9.63 Å². The Morgan fingerprint density at radius 2 is 1.90 bits per heavy atom. The number of aliphatic hydroxyl groups is 1. The molecule has 1 N–H and O–H groups in total. The van der Waals surface area contributed by atoms with Crippen LogP contribution in [-0.2, 0) is 13.1 Å². The highest BCUT2D eigenvalue weighted by atomic mass is 35.5. The molecule has 0 radical (unpaired) electrons. The van der Waals surface area contributed by atoms with E-state index in [0.717, 1.165) is 55.1 Å². The summed E-state index contributed by atoms with van der Waals surface area (Å²) in [5.74, 6) is 2.06. The van der Waals surface area contributed by atoms with E-state index in [4.69, 9.17) is 16.1 Å². The Morgan fingerprint density at radius 1 is 1.14 bits per heavy atom. The van der Waals surface area contributed by atoms with Gasteiger partial charge in [-0.15, -0.1) is 11.3 Å². The van der Waals surface area contributed by atoms with Crippen molar-refractivity contribution in [1.29, 1.82) is 0 Å². The Bertz CT molecular complexity index is 834. The minimum absolute atomic E-state index is 0.0206. The molecule has 2 aromatic rings. The molecule has 1 saturated carbocycles. The van der Waals surface area contributed by atoms with Crippen molar-refractivity contribution in [2.75, 3.05) is 32.8 Å². The van der Waals surface area contributed by atoms with E-state index in [1.165, 1.54) is 37.0 Å². The van der Waals surface area contributed by atoms with E-state index in [9.17, 15) is 5.11 Å². The molecule has 2 atom stereocenters. The molecule has 0 spiro atoms. The second kappa shape index (κ2) is 8.31. The van der Waals surface area contributed by atoms with Gasteiger partial charge in [-0.3, -0.25) is 9.80 Å². The SMILES string of the molecule is OCC12CN(Cc3cc(C4CCCCC4)no3)CC1CN(Cc1ccc(Cl)s1)C2. The van der Waals surface area contributed by atoms with Gasteiger partial charge in [-0.1, -0.05) is 36.0 Å². The molecule has 0 amide bonds. The number of hydrogen-bond acceptors (Lipinski definition) is 6. The van der Waals surface area contributed by atoms with Crippen molar-refractivity contribution in [2.45, 2.75) is 51.1 Å². The molecule has 0 bridgehead atoms. The zero-order valence-electron chi connectivity index (χ0n) is 16.9. The Hall–Kier alpha value is -0.920. The third-order valence-electron chi connectivity index (χ3n) is 7.20. The number of likely N-dealkylation sites (tertiary alicyclic amines) is 2. The van der Waals surface area contributed by atoms with Gasteiger partial charge in [0.25, 0.3) is 0 Å². The highest BCUT2D eigenvalue weighted by Gasteiger charge is 2.52. The van der Waals surface area contributed by atoms with Gasteiger partial charge in [0, 0.05) is 55.0 Å². The molecule has 2 unspecified atom stereocenters. The van der Waals surface area contributed by atoms with E-state index in [2.05, 4.69) is 27.1 Å². The smallest absolute Gasteiger partial charge is 0.150 e. The van der Waals surface area contributed by atoms with Crippen LogP contribution >= 0.6 is 22.9 Å². The first kappa shape index (κ1) is 20.0. The summed E-state index contributed by atoms with van der Waals surface area (Å²) in [4.78, 5) is 6.23. The lowest BCUT2D eigenvalue weighted by Gasteiger charge is -2.27. The third kappa shape index (κ3) is 4.15. The van der Waals surface area contributed by atoms with Gasteiger partial charge in [-0.2, -0.15) is 0 Å². The van der Waals surface area contributed by atoms with Crippen molar-refractivity contribution >= 4 is 22.9 Å². The van der Waals surface area contributed by atoms with E-state index < -0.39 is 0 Å². The van der Waals surface area contributed by atoms with Gasteiger partial charge in [-0.05, 0) is 30.9 Å². The Balaban J connectivity index is 1.19. The Kier molecular flexibility index (Phi) is 5.73. The first-order chi connectivity index (χ1) is 14.1. The lowest BCUT2D eigenvalue weighted by Crippen LogP contribution is -2.36. The molecule has 7 heteroatoms. The van der Waals surface area contributed by atoms with Crippen LogP contribution in [0, 0.1) is 11.3 Å². The minimum atomic E-state index is -0.0206. The summed E-state index contributed by atoms with van der Waals surface area (Å²) in [6.45, 7) is 5.91. The van der Waals surface area contributed by atoms with E-state index in [0.29, 0.717) is 11.8 Å². The van der Waals surface area contributed by atoms with Crippen LogP contribution in [0.4, 0.5) is 0 Å². The summed E-state index contributed by atoms with van der Waals surface area (Å²) in [7, 11) is 0. The Morgan fingerprint density at radius 3 is 2.55 bits per heavy atom. The molecule has 3 fully saturated rings. The number of fused-ring (bicyclic) bond motifs is 1. The van der Waals surface area contributed by atoms with Crippen LogP contribution in [0.3, 0.4) is 0 Å². The number of hydrogen-bond donors (Lipinski definition) is 1. The van der Waals surface area contributed by atoms with Crippen molar-refractivity contribution in [1.82, 2.24) is 15.0 Å². The number of thiophene rings is 1. The standard InChI is InChI=1S/C22H30ClN3O2S/c23-21-7-6-19(29-21)12-26-10-17-9-25(13-22(17,14-26)15-27)11-18-8-20(24-28-18)16-4-2-1-3-5-16/h6-8,16-17,27H,1-5,9-15H2. The van der Waals surface area contributed by atoms with Crippen molar-refractivity contribution in [3.63, 3.8) is 0 Å². The summed E-state index contributed by atoms with van der Waals surface area (Å²) in [5.41, 5.74) is 1.13. The molecular formula is C22H30ClN3O2S. The summed E-state index contributed by atoms with van der Waals surface area (Å²) in [6.07, 6.45) is 6.48. The molecule has 0 aromatic carbocycles. The van der Waals surface area contributed by atoms with Crippen LogP contribution in [0.25, 0.3) is 0 Å². The number of halogens is 1. The Labute approximate surface area is 181 Å². The zero-order valence-corrected chi connectivity index (χ0v) is 18.4. The number of rotatable bonds is 6. The van der Waals surface area contributed by atoms with Crippen molar-refractivity contribution in [2.24, 2.45) is 11.3 Å². The number of aromatic nitrogens is 1. The van der Waals surface area contributed by atoms with Crippen LogP contribution < -0.4 is 0 Å². The van der Waals surface area contributed by atoms with Crippen molar-refractivity contribution in [3.8, 4) is 0 Å². The van der Waals surface area contributed by atoms with Gasteiger partial charge >= 0.3 is 0 Å². The average molecular weight is 436 g/mol. The maximum Gasteiger partial charge on any atom is 0.150 e. The first-order valence-electron chi connectivity index (χ1n) is 10.9. The molecule has 2 aliphatic heterocycles. The maximum absolute atomic E-state index is 10.3. The van der Waals surface area contributed by atoms with Crippen molar-refractivity contribution < 1.29 is 9.63 Å². The molecule has 2 aromatic heterocycles. The average Bonchev–Trinajstić information content (AvgIpc) is 3.47. The zero-order chi connectivity index (χ0) is 19.8. The molecule has 2 saturated heterocycles. The number of aliphatic hydroxyl groups excluding tert-OH is 1. The molecular weight excluding hydrogens is 406 g/mol. The maximum atomic E-state index is 10.3. The topological polar surface area (TPSA) is 52.7 Å². The monoisotopic (exact) mass is 435 g/mol. The van der Waals surface area contributed by atoms with Crippen LogP contribution in [0.5, 0.6) is 0 Å². The second-order valence-corrected chi connectivity index (χ2v) is 11.1. The van der Waals surface area contributed by atoms with Crippen LogP contribution in [0.2, 0.25) is 4.34 Å². The van der Waals surface area contributed by atoms with Gasteiger partial charge in [0.05, 0.1) is 23.2 Å². The largest absolute Gasteiger partial charge is 0.396 e. The van der Waals surface area contributed by atoms with E-state index in [1.807, 2.05) is 6.07 Å². The van der Waals surface area contributed by atoms with Crippen molar-refractivity contribution in [3.05, 3.63) is 38.9 Å². The highest BCUT2D eigenvalue weighted by molar-refractivity contribution is 7.16. The van der Waals surface area contributed by atoms with Crippen LogP contribution in [0.1, 0.15) is 54.4 Å². The van der Waals surface area contributed by atoms with E-state index in [-0.39, 0.29) is 12.0 Å². The molecule has 5 rings (SSSR count). The predicted molar refractivity (Wildman–Crippen MR) is 115 cm³/mol. The van der Waals surface area contributed by atoms with Crippen LogP contribution in [0.15, 0.2) is 22.7 Å². The fraction of sp³-hybridized carbons (Fsp3) is 0.682. The second-order valence-electron chi connectivity index (χ2n) is 9.32. The molecule has 29 heavy (non-hydrogen) atoms. The normalized spacial score (nSPS) is 29.0. The van der Waals surface area contributed by atoms with E-state index >= 15 is 0 Å². The molecule has 4 heterocycles.